The van der Waals surface area contributed by atoms with Gasteiger partial charge in [-0.05, 0) is 30.9 Å². The molecule has 1 atom stereocenters. The highest BCUT2D eigenvalue weighted by atomic mass is 35.5. The zero-order chi connectivity index (χ0) is 14.6. The minimum absolute atomic E-state index is 0.00393. The predicted octanol–water partition coefficient (Wildman–Crippen LogP) is 2.52. The highest BCUT2D eigenvalue weighted by molar-refractivity contribution is 7.98. The molecule has 108 valence electrons. The molecule has 0 aliphatic heterocycles. The minimum atomic E-state index is -3.76. The Labute approximate surface area is 127 Å². The zero-order valence-corrected chi connectivity index (χ0v) is 13.6. The van der Waals surface area contributed by atoms with E-state index in [-0.39, 0.29) is 33.2 Å². The topological polar surface area (TPSA) is 66.4 Å². The molecule has 1 unspecified atom stereocenters. The van der Waals surface area contributed by atoms with E-state index in [9.17, 15) is 8.42 Å². The van der Waals surface area contributed by atoms with Gasteiger partial charge in [0.15, 0.2) is 0 Å². The van der Waals surface area contributed by atoms with Crippen LogP contribution < -0.4 is 4.72 Å². The maximum atomic E-state index is 12.2. The molecule has 0 amide bonds. The third-order valence-corrected chi connectivity index (χ3v) is 5.54. The molecule has 0 bridgehead atoms. The molecule has 0 fully saturated rings. The van der Waals surface area contributed by atoms with E-state index >= 15 is 0 Å². The predicted molar refractivity (Wildman–Crippen MR) is 80.6 cm³/mol. The van der Waals surface area contributed by atoms with Gasteiger partial charge in [-0.3, -0.25) is 0 Å². The average molecular weight is 344 g/mol. The first kappa shape index (κ1) is 17.1. The van der Waals surface area contributed by atoms with Gasteiger partial charge in [-0.1, -0.05) is 23.2 Å². The molecule has 8 heteroatoms. The lowest BCUT2D eigenvalue weighted by molar-refractivity contribution is 0.281. The molecule has 19 heavy (non-hydrogen) atoms. The standard InChI is InChI=1S/C11H15Cl2NO3S2/c1-7(6-18-2)14-19(16,17)10-4-9(12)3-8(5-15)11(10)13/h3-4,7,14-15H,5-6H2,1-2H3. The summed E-state index contributed by atoms with van der Waals surface area (Å²) in [7, 11) is -3.76. The van der Waals surface area contributed by atoms with Crippen molar-refractivity contribution >= 4 is 45.0 Å². The number of rotatable bonds is 6. The second kappa shape index (κ2) is 7.15. The third-order valence-electron chi connectivity index (χ3n) is 2.31. The van der Waals surface area contributed by atoms with Gasteiger partial charge in [0.1, 0.15) is 4.90 Å². The molecule has 0 spiro atoms. The van der Waals surface area contributed by atoms with E-state index in [2.05, 4.69) is 4.72 Å². The van der Waals surface area contributed by atoms with Crippen LogP contribution in [0.2, 0.25) is 10.0 Å². The van der Waals surface area contributed by atoms with Gasteiger partial charge in [0.25, 0.3) is 0 Å². The number of nitrogens with one attached hydrogen (secondary N) is 1. The maximum absolute atomic E-state index is 12.2. The molecular formula is C11H15Cl2NO3S2. The highest BCUT2D eigenvalue weighted by Gasteiger charge is 2.22. The average Bonchev–Trinajstić information content (AvgIpc) is 2.31. The molecule has 0 saturated carbocycles. The van der Waals surface area contributed by atoms with E-state index in [0.717, 1.165) is 0 Å². The van der Waals surface area contributed by atoms with Crippen LogP contribution in [0.3, 0.4) is 0 Å². The molecule has 0 aliphatic carbocycles. The number of sulfonamides is 1. The van der Waals surface area contributed by atoms with Gasteiger partial charge >= 0.3 is 0 Å². The highest BCUT2D eigenvalue weighted by Crippen LogP contribution is 2.29. The first-order chi connectivity index (χ1) is 8.81. The van der Waals surface area contributed by atoms with E-state index in [1.807, 2.05) is 6.26 Å². The number of halogens is 2. The van der Waals surface area contributed by atoms with Crippen LogP contribution in [0.1, 0.15) is 12.5 Å². The van der Waals surface area contributed by atoms with Crippen molar-refractivity contribution in [1.82, 2.24) is 4.72 Å². The van der Waals surface area contributed by atoms with Crippen molar-refractivity contribution in [3.63, 3.8) is 0 Å². The normalized spacial score (nSPS) is 13.5. The molecule has 1 rings (SSSR count). The number of hydrogen-bond donors (Lipinski definition) is 2. The van der Waals surface area contributed by atoms with Crippen LogP contribution in [0.15, 0.2) is 17.0 Å². The molecule has 1 aromatic carbocycles. The van der Waals surface area contributed by atoms with E-state index < -0.39 is 10.0 Å². The Morgan fingerprint density at radius 1 is 1.42 bits per heavy atom. The molecule has 0 saturated heterocycles. The quantitative estimate of drug-likeness (QED) is 0.832. The molecule has 1 aromatic rings. The number of thioether (sulfide) groups is 1. The van der Waals surface area contributed by atoms with Crippen LogP contribution in [0.4, 0.5) is 0 Å². The number of hydrogen-bond acceptors (Lipinski definition) is 4. The monoisotopic (exact) mass is 343 g/mol. The summed E-state index contributed by atoms with van der Waals surface area (Å²) in [4.78, 5) is -0.112. The van der Waals surface area contributed by atoms with Crippen molar-refractivity contribution in [1.29, 1.82) is 0 Å². The summed E-state index contributed by atoms with van der Waals surface area (Å²) in [6, 6.07) is 2.48. The van der Waals surface area contributed by atoms with Gasteiger partial charge in [0.05, 0.1) is 11.6 Å². The molecule has 2 N–H and O–H groups in total. The van der Waals surface area contributed by atoms with Gasteiger partial charge in [-0.25, -0.2) is 13.1 Å². The van der Waals surface area contributed by atoms with Gasteiger partial charge in [0.2, 0.25) is 10.0 Å². The van der Waals surface area contributed by atoms with Crippen LogP contribution in [0, 0.1) is 0 Å². The lowest BCUT2D eigenvalue weighted by Gasteiger charge is -2.15. The van der Waals surface area contributed by atoms with E-state index in [4.69, 9.17) is 28.3 Å². The summed E-state index contributed by atoms with van der Waals surface area (Å²) >= 11 is 13.4. The van der Waals surface area contributed by atoms with Crippen molar-refractivity contribution < 1.29 is 13.5 Å². The molecule has 0 aromatic heterocycles. The van der Waals surface area contributed by atoms with Crippen LogP contribution >= 0.6 is 35.0 Å². The number of benzene rings is 1. The summed E-state index contributed by atoms with van der Waals surface area (Å²) in [5.74, 6) is 0.643. The second-order valence-electron chi connectivity index (χ2n) is 4.01. The van der Waals surface area contributed by atoms with Crippen molar-refractivity contribution in [2.75, 3.05) is 12.0 Å². The van der Waals surface area contributed by atoms with Crippen molar-refractivity contribution in [2.45, 2.75) is 24.5 Å². The fourth-order valence-electron chi connectivity index (χ4n) is 1.54. The second-order valence-corrected chi connectivity index (χ2v) is 7.42. The van der Waals surface area contributed by atoms with Crippen molar-refractivity contribution in [3.8, 4) is 0 Å². The number of aliphatic hydroxyl groups is 1. The van der Waals surface area contributed by atoms with Crippen LogP contribution in [0.5, 0.6) is 0 Å². The van der Waals surface area contributed by atoms with Crippen LogP contribution in [0.25, 0.3) is 0 Å². The van der Waals surface area contributed by atoms with Crippen molar-refractivity contribution in [2.24, 2.45) is 0 Å². The molecule has 0 heterocycles. The SMILES string of the molecule is CSCC(C)NS(=O)(=O)c1cc(Cl)cc(CO)c1Cl. The lowest BCUT2D eigenvalue weighted by atomic mass is 10.2. The van der Waals surface area contributed by atoms with Crippen LogP contribution in [-0.4, -0.2) is 31.6 Å². The first-order valence-corrected chi connectivity index (χ1v) is 9.05. The Kier molecular flexibility index (Phi) is 6.42. The van der Waals surface area contributed by atoms with Gasteiger partial charge < -0.3 is 5.11 Å². The smallest absolute Gasteiger partial charge is 0.242 e. The summed E-state index contributed by atoms with van der Waals surface area (Å²) in [6.07, 6.45) is 1.89. The van der Waals surface area contributed by atoms with E-state index in [1.165, 1.54) is 23.9 Å². The molecule has 4 nitrogen and oxygen atoms in total. The van der Waals surface area contributed by atoms with E-state index in [0.29, 0.717) is 5.75 Å². The lowest BCUT2D eigenvalue weighted by Crippen LogP contribution is -2.34. The maximum Gasteiger partial charge on any atom is 0.242 e. The Bertz CT molecular complexity index is 549. The molecule has 0 aliphatic rings. The fraction of sp³-hybridized carbons (Fsp3) is 0.455. The van der Waals surface area contributed by atoms with Gasteiger partial charge in [-0.2, -0.15) is 11.8 Å². The molecular weight excluding hydrogens is 329 g/mol. The third kappa shape index (κ3) is 4.51. The Morgan fingerprint density at radius 2 is 2.05 bits per heavy atom. The Hall–Kier alpha value is 0.0200. The summed E-state index contributed by atoms with van der Waals surface area (Å²) in [5, 5.41) is 9.35. The first-order valence-electron chi connectivity index (χ1n) is 5.42. The Morgan fingerprint density at radius 3 is 2.58 bits per heavy atom. The summed E-state index contributed by atoms with van der Waals surface area (Å²) in [6.45, 7) is 1.39. The fourth-order valence-corrected chi connectivity index (χ4v) is 4.40. The van der Waals surface area contributed by atoms with Gasteiger partial charge in [0, 0.05) is 16.8 Å². The van der Waals surface area contributed by atoms with Gasteiger partial charge in [-0.15, -0.1) is 0 Å². The number of aliphatic hydroxyl groups excluding tert-OH is 1. The minimum Gasteiger partial charge on any atom is -0.392 e. The summed E-state index contributed by atoms with van der Waals surface area (Å²) in [5.41, 5.74) is 0.284. The Balaban J connectivity index is 3.18. The zero-order valence-electron chi connectivity index (χ0n) is 10.5. The summed E-state index contributed by atoms with van der Waals surface area (Å²) < 4.78 is 26.9. The molecule has 0 radical (unpaired) electrons. The largest absolute Gasteiger partial charge is 0.392 e. The van der Waals surface area contributed by atoms with E-state index in [1.54, 1.807) is 6.92 Å². The van der Waals surface area contributed by atoms with Crippen molar-refractivity contribution in [3.05, 3.63) is 27.7 Å². The van der Waals surface area contributed by atoms with Crippen LogP contribution in [-0.2, 0) is 16.6 Å².